The molecule has 0 saturated carbocycles. The fourth-order valence-corrected chi connectivity index (χ4v) is 3.72. The summed E-state index contributed by atoms with van der Waals surface area (Å²) in [6.45, 7) is 14.7. The minimum Gasteiger partial charge on any atom is -0.374 e. The van der Waals surface area contributed by atoms with Crippen LogP contribution < -0.4 is 5.73 Å². The second-order valence-electron chi connectivity index (χ2n) is 7.16. The maximum atomic E-state index is 6.54. The lowest BCUT2D eigenvalue weighted by atomic mass is 9.79. The third-order valence-electron chi connectivity index (χ3n) is 4.66. The lowest BCUT2D eigenvalue weighted by Crippen LogP contribution is -2.55. The fraction of sp³-hybridized carbons (Fsp3) is 1.00. The molecule has 0 aliphatic carbocycles. The molecule has 3 unspecified atom stereocenters. The van der Waals surface area contributed by atoms with Crippen LogP contribution in [0.3, 0.4) is 0 Å². The van der Waals surface area contributed by atoms with Crippen molar-refractivity contribution in [3.63, 3.8) is 0 Å². The van der Waals surface area contributed by atoms with E-state index in [1.807, 2.05) is 0 Å². The van der Waals surface area contributed by atoms with Crippen molar-refractivity contribution in [2.24, 2.45) is 11.7 Å². The minimum absolute atomic E-state index is 0.0473. The maximum absolute atomic E-state index is 6.54. The highest BCUT2D eigenvalue weighted by Crippen LogP contribution is 2.44. The van der Waals surface area contributed by atoms with Crippen LogP contribution in [0.1, 0.15) is 41.0 Å². The Balaban J connectivity index is 2.04. The average Bonchev–Trinajstić information content (AvgIpc) is 2.56. The summed E-state index contributed by atoms with van der Waals surface area (Å²) < 4.78 is 12.1. The molecule has 0 spiro atoms. The topological polar surface area (TPSA) is 47.7 Å². The van der Waals surface area contributed by atoms with Gasteiger partial charge in [-0.1, -0.05) is 6.92 Å². The molecule has 2 N–H and O–H groups in total. The van der Waals surface area contributed by atoms with Crippen molar-refractivity contribution in [1.82, 2.24) is 4.90 Å². The summed E-state index contributed by atoms with van der Waals surface area (Å²) in [7, 11) is 0. The molecule has 4 heteroatoms. The van der Waals surface area contributed by atoms with Crippen LogP contribution >= 0.6 is 0 Å². The Hall–Kier alpha value is -0.160. The van der Waals surface area contributed by atoms with Crippen LogP contribution in [0.4, 0.5) is 0 Å². The predicted molar refractivity (Wildman–Crippen MR) is 77.2 cm³/mol. The Bertz CT molecular complexity index is 317. The van der Waals surface area contributed by atoms with Gasteiger partial charge in [0.1, 0.15) is 0 Å². The van der Waals surface area contributed by atoms with Gasteiger partial charge in [-0.15, -0.1) is 0 Å². The number of hydrogen-bond acceptors (Lipinski definition) is 4. The molecule has 2 heterocycles. The van der Waals surface area contributed by atoms with Crippen LogP contribution in [-0.4, -0.2) is 54.5 Å². The van der Waals surface area contributed by atoms with E-state index in [-0.39, 0.29) is 23.3 Å². The fourth-order valence-electron chi connectivity index (χ4n) is 3.72. The quantitative estimate of drug-likeness (QED) is 0.847. The summed E-state index contributed by atoms with van der Waals surface area (Å²) >= 11 is 0. The monoisotopic (exact) mass is 270 g/mol. The van der Waals surface area contributed by atoms with Crippen LogP contribution in [-0.2, 0) is 9.47 Å². The van der Waals surface area contributed by atoms with Crippen LogP contribution in [0.15, 0.2) is 0 Å². The van der Waals surface area contributed by atoms with Gasteiger partial charge in [0, 0.05) is 25.0 Å². The second-order valence-corrected chi connectivity index (χ2v) is 7.16. The molecule has 112 valence electrons. The molecular weight excluding hydrogens is 240 g/mol. The van der Waals surface area contributed by atoms with E-state index in [9.17, 15) is 0 Å². The standard InChI is InChI=1S/C15H30N2O2/c1-6-17-7-8-18-12(10-17)13(16)11-9-14(2,3)19-15(11,4)5/h11-13H,6-10,16H2,1-5H3. The van der Waals surface area contributed by atoms with E-state index in [0.717, 1.165) is 32.7 Å². The van der Waals surface area contributed by atoms with E-state index in [1.165, 1.54) is 0 Å². The molecule has 2 rings (SSSR count). The molecule has 19 heavy (non-hydrogen) atoms. The zero-order valence-electron chi connectivity index (χ0n) is 13.1. The van der Waals surface area contributed by atoms with Gasteiger partial charge in [-0.05, 0) is 40.7 Å². The Kier molecular flexibility index (Phi) is 4.26. The van der Waals surface area contributed by atoms with E-state index in [2.05, 4.69) is 39.5 Å². The summed E-state index contributed by atoms with van der Waals surface area (Å²) in [4.78, 5) is 2.42. The van der Waals surface area contributed by atoms with Gasteiger partial charge in [0.15, 0.2) is 0 Å². The Morgan fingerprint density at radius 1 is 1.32 bits per heavy atom. The van der Waals surface area contributed by atoms with Gasteiger partial charge >= 0.3 is 0 Å². The molecule has 2 fully saturated rings. The number of ether oxygens (including phenoxy) is 2. The molecular formula is C15H30N2O2. The predicted octanol–water partition coefficient (Wildman–Crippen LogP) is 1.63. The SMILES string of the molecule is CCN1CCOC(C(N)C2CC(C)(C)OC2(C)C)C1. The molecule has 0 aromatic carbocycles. The Morgan fingerprint density at radius 3 is 2.53 bits per heavy atom. The molecule has 3 atom stereocenters. The number of hydrogen-bond donors (Lipinski definition) is 1. The van der Waals surface area contributed by atoms with E-state index in [1.54, 1.807) is 0 Å². The molecule has 2 aliphatic rings. The summed E-state index contributed by atoms with van der Waals surface area (Å²) in [5, 5.41) is 0. The first kappa shape index (κ1) is 15.2. The zero-order valence-corrected chi connectivity index (χ0v) is 13.1. The largest absolute Gasteiger partial charge is 0.374 e. The molecule has 4 nitrogen and oxygen atoms in total. The van der Waals surface area contributed by atoms with Gasteiger partial charge in [-0.25, -0.2) is 0 Å². The van der Waals surface area contributed by atoms with E-state index < -0.39 is 0 Å². The van der Waals surface area contributed by atoms with Crippen LogP contribution in [0.25, 0.3) is 0 Å². The first-order valence-corrected chi connectivity index (χ1v) is 7.55. The summed E-state index contributed by atoms with van der Waals surface area (Å²) in [5.41, 5.74) is 6.29. The van der Waals surface area contributed by atoms with Crippen molar-refractivity contribution in [2.45, 2.75) is 64.4 Å². The molecule has 0 radical (unpaired) electrons. The smallest absolute Gasteiger partial charge is 0.0856 e. The van der Waals surface area contributed by atoms with Crippen molar-refractivity contribution < 1.29 is 9.47 Å². The van der Waals surface area contributed by atoms with Gasteiger partial charge in [0.05, 0.1) is 23.9 Å². The summed E-state index contributed by atoms with van der Waals surface area (Å²) in [6.07, 6.45) is 1.14. The van der Waals surface area contributed by atoms with Crippen molar-refractivity contribution in [3.05, 3.63) is 0 Å². The highest BCUT2D eigenvalue weighted by atomic mass is 16.5. The van der Waals surface area contributed by atoms with E-state index in [0.29, 0.717) is 5.92 Å². The highest BCUT2D eigenvalue weighted by molar-refractivity contribution is 5.01. The van der Waals surface area contributed by atoms with Crippen LogP contribution in [0.5, 0.6) is 0 Å². The number of rotatable bonds is 3. The van der Waals surface area contributed by atoms with Crippen molar-refractivity contribution >= 4 is 0 Å². The number of morpholine rings is 1. The lowest BCUT2D eigenvalue weighted by molar-refractivity contribution is -0.0923. The molecule has 0 aromatic rings. The average molecular weight is 270 g/mol. The van der Waals surface area contributed by atoms with Crippen LogP contribution in [0, 0.1) is 5.92 Å². The molecule has 0 aromatic heterocycles. The summed E-state index contributed by atoms with van der Waals surface area (Å²) in [6, 6.07) is 0.0473. The Morgan fingerprint density at radius 2 is 2.00 bits per heavy atom. The minimum atomic E-state index is -0.166. The van der Waals surface area contributed by atoms with Gasteiger partial charge in [0.25, 0.3) is 0 Å². The lowest BCUT2D eigenvalue weighted by Gasteiger charge is -2.40. The van der Waals surface area contributed by atoms with Crippen molar-refractivity contribution in [1.29, 1.82) is 0 Å². The van der Waals surface area contributed by atoms with Gasteiger partial charge in [0.2, 0.25) is 0 Å². The van der Waals surface area contributed by atoms with Crippen molar-refractivity contribution in [2.75, 3.05) is 26.2 Å². The normalized spacial score (nSPS) is 36.3. The van der Waals surface area contributed by atoms with E-state index >= 15 is 0 Å². The van der Waals surface area contributed by atoms with Crippen LogP contribution in [0.2, 0.25) is 0 Å². The maximum Gasteiger partial charge on any atom is 0.0856 e. The van der Waals surface area contributed by atoms with Crippen molar-refractivity contribution in [3.8, 4) is 0 Å². The first-order chi connectivity index (χ1) is 8.75. The number of nitrogens with two attached hydrogens (primary N) is 1. The van der Waals surface area contributed by atoms with Gasteiger partial charge in [-0.2, -0.15) is 0 Å². The molecule has 2 aliphatic heterocycles. The van der Waals surface area contributed by atoms with Gasteiger partial charge < -0.3 is 15.2 Å². The number of likely N-dealkylation sites (N-methyl/N-ethyl adjacent to an activating group) is 1. The summed E-state index contributed by atoms with van der Waals surface area (Å²) in [5.74, 6) is 0.351. The molecule has 2 saturated heterocycles. The number of nitrogens with zero attached hydrogens (tertiary/aromatic N) is 1. The zero-order chi connectivity index (χ0) is 14.3. The Labute approximate surface area is 117 Å². The van der Waals surface area contributed by atoms with E-state index in [4.69, 9.17) is 15.2 Å². The van der Waals surface area contributed by atoms with Gasteiger partial charge in [-0.3, -0.25) is 4.90 Å². The second kappa shape index (κ2) is 5.32. The molecule has 0 bridgehead atoms. The first-order valence-electron chi connectivity index (χ1n) is 7.55. The third kappa shape index (κ3) is 3.30. The highest BCUT2D eigenvalue weighted by Gasteiger charge is 2.50. The molecule has 0 amide bonds. The third-order valence-corrected chi connectivity index (χ3v) is 4.66.